The zero-order chi connectivity index (χ0) is 14.3. The molecule has 0 aliphatic carbocycles. The average Bonchev–Trinajstić information content (AvgIpc) is 2.41. The minimum absolute atomic E-state index is 0.0154. The van der Waals surface area contributed by atoms with Crippen LogP contribution in [0.3, 0.4) is 0 Å². The van der Waals surface area contributed by atoms with Gasteiger partial charge in [-0.15, -0.1) is 0 Å². The molecule has 1 unspecified atom stereocenters. The normalized spacial score (nSPS) is 14.6. The first kappa shape index (κ1) is 16.5. The molecule has 2 nitrogen and oxygen atoms in total. The third-order valence-electron chi connectivity index (χ3n) is 3.96. The van der Waals surface area contributed by atoms with E-state index in [0.717, 1.165) is 18.0 Å². The van der Waals surface area contributed by atoms with Crippen LogP contribution < -0.4 is 5.73 Å². The van der Waals surface area contributed by atoms with Gasteiger partial charge in [0.05, 0.1) is 0 Å². The Morgan fingerprint density at radius 3 is 2.37 bits per heavy atom. The molecule has 19 heavy (non-hydrogen) atoms. The fourth-order valence-electron chi connectivity index (χ4n) is 2.27. The Kier molecular flexibility index (Phi) is 6.84. The summed E-state index contributed by atoms with van der Waals surface area (Å²) in [6.45, 7) is 6.25. The van der Waals surface area contributed by atoms with Crippen molar-refractivity contribution in [2.75, 3.05) is 20.1 Å². The van der Waals surface area contributed by atoms with Crippen LogP contribution in [0.25, 0.3) is 0 Å². The highest BCUT2D eigenvalue weighted by Crippen LogP contribution is 2.20. The van der Waals surface area contributed by atoms with Gasteiger partial charge in [-0.3, -0.25) is 4.90 Å². The number of hydrogen-bond donors (Lipinski definition) is 1. The molecule has 0 heterocycles. The number of nitrogens with zero attached hydrogens (tertiary/aromatic N) is 1. The van der Waals surface area contributed by atoms with E-state index in [0.29, 0.717) is 6.54 Å². The van der Waals surface area contributed by atoms with Gasteiger partial charge < -0.3 is 5.73 Å². The monoisotopic (exact) mass is 282 g/mol. The van der Waals surface area contributed by atoms with Gasteiger partial charge in [0, 0.05) is 17.1 Å². The van der Waals surface area contributed by atoms with Crippen LogP contribution in [-0.2, 0) is 6.42 Å². The maximum Gasteiger partial charge on any atom is 0.0406 e. The van der Waals surface area contributed by atoms with Crippen molar-refractivity contribution in [3.63, 3.8) is 0 Å². The quantitative estimate of drug-likeness (QED) is 0.736. The molecule has 0 saturated carbocycles. The number of nitrogens with two attached hydrogens (primary N) is 1. The Bertz CT molecular complexity index is 364. The first-order valence-electron chi connectivity index (χ1n) is 7.17. The molecule has 1 rings (SSSR count). The lowest BCUT2D eigenvalue weighted by Crippen LogP contribution is -2.51. The fourth-order valence-corrected chi connectivity index (χ4v) is 2.40. The van der Waals surface area contributed by atoms with Crippen molar-refractivity contribution in [1.29, 1.82) is 0 Å². The lowest BCUT2D eigenvalue weighted by Gasteiger charge is -2.38. The first-order valence-corrected chi connectivity index (χ1v) is 7.55. The number of likely N-dealkylation sites (N-methyl/N-ethyl adjacent to an activating group) is 1. The third-order valence-corrected chi connectivity index (χ3v) is 4.21. The number of benzene rings is 1. The van der Waals surface area contributed by atoms with Crippen LogP contribution in [0.1, 0.15) is 38.7 Å². The second-order valence-corrected chi connectivity index (χ2v) is 6.07. The Balaban J connectivity index is 2.65. The molecule has 2 N–H and O–H groups in total. The summed E-state index contributed by atoms with van der Waals surface area (Å²) in [7, 11) is 2.18. The van der Waals surface area contributed by atoms with Crippen LogP contribution in [0.5, 0.6) is 0 Å². The van der Waals surface area contributed by atoms with Gasteiger partial charge in [0.1, 0.15) is 0 Å². The second-order valence-electron chi connectivity index (χ2n) is 5.63. The van der Waals surface area contributed by atoms with E-state index in [9.17, 15) is 0 Å². The lowest BCUT2D eigenvalue weighted by molar-refractivity contribution is 0.141. The molecule has 0 amide bonds. The van der Waals surface area contributed by atoms with Gasteiger partial charge in [-0.2, -0.15) is 0 Å². The summed E-state index contributed by atoms with van der Waals surface area (Å²) in [5.41, 5.74) is 7.33. The summed E-state index contributed by atoms with van der Waals surface area (Å²) in [5.74, 6) is 0. The second kappa shape index (κ2) is 7.88. The molecule has 0 aromatic heterocycles. The molecule has 0 radical (unpaired) electrons. The number of rotatable bonds is 8. The molecule has 0 saturated heterocycles. The molecule has 1 aromatic carbocycles. The van der Waals surface area contributed by atoms with E-state index in [1.54, 1.807) is 0 Å². The van der Waals surface area contributed by atoms with Gasteiger partial charge in [0.15, 0.2) is 0 Å². The Hall–Kier alpha value is -0.570. The van der Waals surface area contributed by atoms with Crippen molar-refractivity contribution in [1.82, 2.24) is 4.90 Å². The van der Waals surface area contributed by atoms with Crippen LogP contribution in [0.4, 0.5) is 0 Å². The number of unbranched alkanes of at least 4 members (excludes halogenated alkanes) is 2. The van der Waals surface area contributed by atoms with E-state index in [-0.39, 0.29) is 5.54 Å². The SMILES string of the molecule is CCCCCN(C)C(C)(CN)Cc1ccc(Cl)cc1. The molecule has 1 atom stereocenters. The maximum atomic E-state index is 6.02. The molecular weight excluding hydrogens is 256 g/mol. The van der Waals surface area contributed by atoms with Gasteiger partial charge in [0.25, 0.3) is 0 Å². The van der Waals surface area contributed by atoms with Crippen LogP contribution in [-0.4, -0.2) is 30.6 Å². The predicted octanol–water partition coefficient (Wildman–Crippen LogP) is 3.72. The minimum atomic E-state index is 0.0154. The standard InChI is InChI=1S/C16H27ClN2/c1-4-5-6-11-19(3)16(2,13-18)12-14-7-9-15(17)10-8-14/h7-10H,4-6,11-13,18H2,1-3H3. The highest BCUT2D eigenvalue weighted by atomic mass is 35.5. The van der Waals surface area contributed by atoms with Crippen molar-refractivity contribution in [3.05, 3.63) is 34.9 Å². The summed E-state index contributed by atoms with van der Waals surface area (Å²) in [5, 5.41) is 0.787. The molecule has 0 fully saturated rings. The summed E-state index contributed by atoms with van der Waals surface area (Å²) in [6.07, 6.45) is 4.74. The zero-order valence-electron chi connectivity index (χ0n) is 12.5. The van der Waals surface area contributed by atoms with Crippen molar-refractivity contribution in [2.45, 2.75) is 45.1 Å². The number of halogens is 1. The Morgan fingerprint density at radius 2 is 1.84 bits per heavy atom. The lowest BCUT2D eigenvalue weighted by atomic mass is 9.91. The molecule has 1 aromatic rings. The predicted molar refractivity (Wildman–Crippen MR) is 84.8 cm³/mol. The highest BCUT2D eigenvalue weighted by Gasteiger charge is 2.27. The van der Waals surface area contributed by atoms with E-state index >= 15 is 0 Å². The van der Waals surface area contributed by atoms with Gasteiger partial charge in [-0.1, -0.05) is 43.5 Å². The third kappa shape index (κ3) is 5.13. The van der Waals surface area contributed by atoms with E-state index < -0.39 is 0 Å². The van der Waals surface area contributed by atoms with Crippen molar-refractivity contribution in [3.8, 4) is 0 Å². The Labute approximate surface area is 122 Å². The van der Waals surface area contributed by atoms with Gasteiger partial charge in [0.2, 0.25) is 0 Å². The van der Waals surface area contributed by atoms with Crippen LogP contribution in [0, 0.1) is 0 Å². The first-order chi connectivity index (χ1) is 9.01. The molecule has 0 spiro atoms. The topological polar surface area (TPSA) is 29.3 Å². The molecule has 0 aliphatic heterocycles. The molecule has 3 heteroatoms. The smallest absolute Gasteiger partial charge is 0.0406 e. The van der Waals surface area contributed by atoms with Crippen molar-refractivity contribution < 1.29 is 0 Å². The summed E-state index contributed by atoms with van der Waals surface area (Å²) in [4.78, 5) is 2.40. The van der Waals surface area contributed by atoms with Gasteiger partial charge in [-0.25, -0.2) is 0 Å². The van der Waals surface area contributed by atoms with Crippen LogP contribution in [0.2, 0.25) is 5.02 Å². The number of hydrogen-bond acceptors (Lipinski definition) is 2. The molecule has 0 bridgehead atoms. The summed E-state index contributed by atoms with van der Waals surface area (Å²) >= 11 is 5.93. The molecule has 0 aliphatic rings. The maximum absolute atomic E-state index is 6.02. The molecule has 108 valence electrons. The van der Waals surface area contributed by atoms with Crippen molar-refractivity contribution in [2.24, 2.45) is 5.73 Å². The summed E-state index contributed by atoms with van der Waals surface area (Å²) in [6, 6.07) is 8.09. The molecular formula is C16H27ClN2. The van der Waals surface area contributed by atoms with E-state index in [1.165, 1.54) is 24.8 Å². The van der Waals surface area contributed by atoms with E-state index in [4.69, 9.17) is 17.3 Å². The van der Waals surface area contributed by atoms with E-state index in [2.05, 4.69) is 37.9 Å². The van der Waals surface area contributed by atoms with Gasteiger partial charge >= 0.3 is 0 Å². The fraction of sp³-hybridized carbons (Fsp3) is 0.625. The highest BCUT2D eigenvalue weighted by molar-refractivity contribution is 6.30. The Morgan fingerprint density at radius 1 is 1.21 bits per heavy atom. The minimum Gasteiger partial charge on any atom is -0.329 e. The van der Waals surface area contributed by atoms with Crippen molar-refractivity contribution >= 4 is 11.6 Å². The summed E-state index contributed by atoms with van der Waals surface area (Å²) < 4.78 is 0. The average molecular weight is 283 g/mol. The van der Waals surface area contributed by atoms with Crippen LogP contribution in [0.15, 0.2) is 24.3 Å². The van der Waals surface area contributed by atoms with Crippen LogP contribution >= 0.6 is 11.6 Å². The largest absolute Gasteiger partial charge is 0.329 e. The zero-order valence-corrected chi connectivity index (χ0v) is 13.2. The van der Waals surface area contributed by atoms with E-state index in [1.807, 2.05) is 12.1 Å². The van der Waals surface area contributed by atoms with Gasteiger partial charge in [-0.05, 0) is 51.1 Å².